The first kappa shape index (κ1) is 16.0. The van der Waals surface area contributed by atoms with Crippen molar-refractivity contribution in [3.63, 3.8) is 0 Å². The summed E-state index contributed by atoms with van der Waals surface area (Å²) in [6.45, 7) is 3.98. The minimum Gasteiger partial charge on any atom is -0.316 e. The summed E-state index contributed by atoms with van der Waals surface area (Å²) >= 11 is 6.15. The summed E-state index contributed by atoms with van der Waals surface area (Å²) in [7, 11) is 0. The van der Waals surface area contributed by atoms with Gasteiger partial charge in [0.15, 0.2) is 0 Å². The highest BCUT2D eigenvalue weighted by atomic mass is 35.5. The van der Waals surface area contributed by atoms with Crippen LogP contribution in [0.15, 0.2) is 48.5 Å². The van der Waals surface area contributed by atoms with Gasteiger partial charge in [0, 0.05) is 11.6 Å². The van der Waals surface area contributed by atoms with E-state index in [1.54, 1.807) is 6.07 Å². The van der Waals surface area contributed by atoms with Crippen LogP contribution >= 0.6 is 11.6 Å². The van der Waals surface area contributed by atoms with Crippen molar-refractivity contribution in [2.24, 2.45) is 0 Å². The van der Waals surface area contributed by atoms with Gasteiger partial charge in [0.25, 0.3) is 0 Å². The van der Waals surface area contributed by atoms with E-state index in [0.29, 0.717) is 10.9 Å². The van der Waals surface area contributed by atoms with Crippen molar-refractivity contribution >= 4 is 11.6 Å². The lowest BCUT2D eigenvalue weighted by Gasteiger charge is -2.18. The van der Waals surface area contributed by atoms with Gasteiger partial charge in [-0.05, 0) is 54.6 Å². The van der Waals surface area contributed by atoms with Gasteiger partial charge >= 0.3 is 0 Å². The molecule has 0 aliphatic rings. The predicted octanol–water partition coefficient (Wildman–Crippen LogP) is 4.81. The number of benzene rings is 2. The van der Waals surface area contributed by atoms with E-state index in [4.69, 9.17) is 11.6 Å². The van der Waals surface area contributed by atoms with E-state index in [1.807, 2.05) is 6.07 Å². The Morgan fingerprint density at radius 1 is 1.14 bits per heavy atom. The standard InChI is InChI=1S/C18H21ClFN/c1-2-21-13-16(14-6-4-3-5-7-14)9-8-15-12-17(20)10-11-18(15)19/h3-7,10-12,16,21H,2,8-9,13H2,1H3. The Hall–Kier alpha value is -1.38. The monoisotopic (exact) mass is 305 g/mol. The third kappa shape index (κ3) is 4.83. The van der Waals surface area contributed by atoms with E-state index in [-0.39, 0.29) is 5.82 Å². The maximum absolute atomic E-state index is 13.3. The highest BCUT2D eigenvalue weighted by Gasteiger charge is 2.12. The van der Waals surface area contributed by atoms with Crippen LogP contribution in [0.3, 0.4) is 0 Å². The first-order chi connectivity index (χ1) is 10.2. The Morgan fingerprint density at radius 3 is 2.62 bits per heavy atom. The normalized spacial score (nSPS) is 12.3. The second-order valence-corrected chi connectivity index (χ2v) is 5.60. The van der Waals surface area contributed by atoms with Crippen LogP contribution in [0.2, 0.25) is 5.02 Å². The third-order valence-corrected chi connectivity index (χ3v) is 4.05. The Labute approximate surface area is 131 Å². The molecule has 2 rings (SSSR count). The van der Waals surface area contributed by atoms with Gasteiger partial charge in [0.2, 0.25) is 0 Å². The van der Waals surface area contributed by atoms with Crippen LogP contribution < -0.4 is 5.32 Å². The van der Waals surface area contributed by atoms with Crippen molar-refractivity contribution < 1.29 is 4.39 Å². The van der Waals surface area contributed by atoms with Gasteiger partial charge < -0.3 is 5.32 Å². The molecule has 0 spiro atoms. The molecule has 0 aliphatic carbocycles. The topological polar surface area (TPSA) is 12.0 Å². The van der Waals surface area contributed by atoms with E-state index < -0.39 is 0 Å². The Balaban J connectivity index is 2.07. The molecule has 3 heteroatoms. The van der Waals surface area contributed by atoms with Crippen LogP contribution in [-0.2, 0) is 6.42 Å². The number of halogens is 2. The zero-order chi connectivity index (χ0) is 15.1. The molecule has 1 atom stereocenters. The number of aryl methyl sites for hydroxylation is 1. The average Bonchev–Trinajstić information content (AvgIpc) is 2.51. The predicted molar refractivity (Wildman–Crippen MR) is 87.5 cm³/mol. The summed E-state index contributed by atoms with van der Waals surface area (Å²) in [6, 6.07) is 15.0. The smallest absolute Gasteiger partial charge is 0.123 e. The number of likely N-dealkylation sites (N-methyl/N-ethyl adjacent to an activating group) is 1. The van der Waals surface area contributed by atoms with Gasteiger partial charge in [0.05, 0.1) is 0 Å². The van der Waals surface area contributed by atoms with Gasteiger partial charge in [-0.1, -0.05) is 48.9 Å². The number of hydrogen-bond donors (Lipinski definition) is 1. The van der Waals surface area contributed by atoms with Gasteiger partial charge in [-0.25, -0.2) is 4.39 Å². The molecule has 1 unspecified atom stereocenters. The molecule has 0 aliphatic heterocycles. The molecule has 0 saturated heterocycles. The average molecular weight is 306 g/mol. The molecule has 0 amide bonds. The van der Waals surface area contributed by atoms with Crippen molar-refractivity contribution in [1.29, 1.82) is 0 Å². The molecule has 112 valence electrons. The van der Waals surface area contributed by atoms with E-state index in [1.165, 1.54) is 17.7 Å². The molecule has 0 aromatic heterocycles. The second kappa shape index (κ2) is 8.16. The highest BCUT2D eigenvalue weighted by Crippen LogP contribution is 2.24. The molecule has 0 fully saturated rings. The first-order valence-electron chi connectivity index (χ1n) is 7.40. The van der Waals surface area contributed by atoms with Crippen LogP contribution in [-0.4, -0.2) is 13.1 Å². The summed E-state index contributed by atoms with van der Waals surface area (Å²) in [5.41, 5.74) is 2.19. The van der Waals surface area contributed by atoms with Gasteiger partial charge in [-0.15, -0.1) is 0 Å². The van der Waals surface area contributed by atoms with E-state index in [9.17, 15) is 4.39 Å². The lowest BCUT2D eigenvalue weighted by Crippen LogP contribution is -2.21. The van der Waals surface area contributed by atoms with Crippen molar-refractivity contribution in [3.8, 4) is 0 Å². The Bertz CT molecular complexity index is 556. The van der Waals surface area contributed by atoms with Gasteiger partial charge in [-0.3, -0.25) is 0 Å². The molecule has 1 nitrogen and oxygen atoms in total. The number of hydrogen-bond acceptors (Lipinski definition) is 1. The van der Waals surface area contributed by atoms with Crippen molar-refractivity contribution in [2.75, 3.05) is 13.1 Å². The molecule has 0 bridgehead atoms. The quantitative estimate of drug-likeness (QED) is 0.774. The van der Waals surface area contributed by atoms with Crippen LogP contribution in [0.1, 0.15) is 30.4 Å². The van der Waals surface area contributed by atoms with Crippen LogP contribution in [0.4, 0.5) is 4.39 Å². The van der Waals surface area contributed by atoms with Crippen LogP contribution in [0, 0.1) is 5.82 Å². The minimum atomic E-state index is -0.225. The van der Waals surface area contributed by atoms with E-state index >= 15 is 0 Å². The maximum atomic E-state index is 13.3. The third-order valence-electron chi connectivity index (χ3n) is 3.68. The largest absolute Gasteiger partial charge is 0.316 e. The SMILES string of the molecule is CCNCC(CCc1cc(F)ccc1Cl)c1ccccc1. The summed E-state index contributed by atoms with van der Waals surface area (Å²) in [6.07, 6.45) is 1.72. The van der Waals surface area contributed by atoms with Gasteiger partial charge in [0.1, 0.15) is 5.82 Å². The molecular weight excluding hydrogens is 285 g/mol. The van der Waals surface area contributed by atoms with Crippen molar-refractivity contribution in [2.45, 2.75) is 25.7 Å². The fourth-order valence-corrected chi connectivity index (χ4v) is 2.71. The summed E-state index contributed by atoms with van der Waals surface area (Å²) in [4.78, 5) is 0. The molecule has 2 aromatic carbocycles. The van der Waals surface area contributed by atoms with Crippen LogP contribution in [0.5, 0.6) is 0 Å². The summed E-state index contributed by atoms with van der Waals surface area (Å²) in [5, 5.41) is 4.05. The molecular formula is C18H21ClFN. The lowest BCUT2D eigenvalue weighted by molar-refractivity contribution is 0.560. The van der Waals surface area contributed by atoms with Crippen molar-refractivity contribution in [3.05, 3.63) is 70.5 Å². The maximum Gasteiger partial charge on any atom is 0.123 e. The second-order valence-electron chi connectivity index (χ2n) is 5.19. The zero-order valence-electron chi connectivity index (χ0n) is 12.3. The zero-order valence-corrected chi connectivity index (χ0v) is 13.0. The lowest BCUT2D eigenvalue weighted by atomic mass is 9.92. The fourth-order valence-electron chi connectivity index (χ4n) is 2.49. The number of nitrogens with one attached hydrogen (secondary N) is 1. The molecule has 21 heavy (non-hydrogen) atoms. The van der Waals surface area contributed by atoms with Crippen LogP contribution in [0.25, 0.3) is 0 Å². The fraction of sp³-hybridized carbons (Fsp3) is 0.333. The van der Waals surface area contributed by atoms with E-state index in [0.717, 1.165) is 31.5 Å². The van der Waals surface area contributed by atoms with Crippen molar-refractivity contribution in [1.82, 2.24) is 5.32 Å². The summed E-state index contributed by atoms with van der Waals surface area (Å²) < 4.78 is 13.3. The first-order valence-corrected chi connectivity index (χ1v) is 7.78. The summed E-state index contributed by atoms with van der Waals surface area (Å²) in [5.74, 6) is 0.183. The molecule has 0 heterocycles. The molecule has 2 aromatic rings. The van der Waals surface area contributed by atoms with Gasteiger partial charge in [-0.2, -0.15) is 0 Å². The Morgan fingerprint density at radius 2 is 1.90 bits per heavy atom. The van der Waals surface area contributed by atoms with E-state index in [2.05, 4.69) is 36.5 Å². The number of rotatable bonds is 7. The Kier molecular flexibility index (Phi) is 6.21. The molecule has 1 N–H and O–H groups in total. The highest BCUT2D eigenvalue weighted by molar-refractivity contribution is 6.31. The molecule has 0 saturated carbocycles. The molecule has 0 radical (unpaired) electrons. The minimum absolute atomic E-state index is 0.225.